The number of rotatable bonds is 5. The first-order valence-corrected chi connectivity index (χ1v) is 10.8. The molecule has 1 saturated carbocycles. The fourth-order valence-electron chi connectivity index (χ4n) is 4.43. The molecule has 1 aliphatic heterocycles. The van der Waals surface area contributed by atoms with Crippen LogP contribution in [0.4, 0.5) is 11.4 Å². The number of hydrogen-bond donors (Lipinski definition) is 2. The summed E-state index contributed by atoms with van der Waals surface area (Å²) in [7, 11) is 0. The van der Waals surface area contributed by atoms with E-state index < -0.39 is 5.54 Å². The first-order chi connectivity index (χ1) is 15.0. The van der Waals surface area contributed by atoms with Crippen molar-refractivity contribution < 1.29 is 18.9 Å². The van der Waals surface area contributed by atoms with Crippen LogP contribution in [-0.4, -0.2) is 34.4 Å². The minimum absolute atomic E-state index is 0.0173. The minimum Gasteiger partial charge on any atom is -0.343 e. The van der Waals surface area contributed by atoms with Gasteiger partial charge < -0.3 is 20.1 Å². The molecule has 9 nitrogen and oxygen atoms in total. The van der Waals surface area contributed by atoms with Crippen molar-refractivity contribution in [3.63, 3.8) is 0 Å². The number of aromatic nitrogens is 2. The molecule has 2 heterocycles. The maximum atomic E-state index is 12.8. The number of nitrogens with zero attached hydrogens (tertiary/aromatic N) is 3. The molecule has 0 saturated heterocycles. The number of carbonyl (C=O) groups is 3. The van der Waals surface area contributed by atoms with Crippen LogP contribution >= 0.6 is 0 Å². The minimum atomic E-state index is -0.613. The van der Waals surface area contributed by atoms with Crippen molar-refractivity contribution in [1.29, 1.82) is 0 Å². The lowest BCUT2D eigenvalue weighted by Crippen LogP contribution is -2.45. The number of benzene rings is 1. The van der Waals surface area contributed by atoms with Crippen molar-refractivity contribution in [2.24, 2.45) is 0 Å². The highest BCUT2D eigenvalue weighted by Gasteiger charge is 2.38. The molecule has 0 spiro atoms. The van der Waals surface area contributed by atoms with Gasteiger partial charge in [-0.2, -0.15) is 4.98 Å². The zero-order chi connectivity index (χ0) is 21.8. The summed E-state index contributed by atoms with van der Waals surface area (Å²) < 4.78 is 5.43. The fraction of sp³-hybridized carbons (Fsp3) is 0.500. The predicted molar refractivity (Wildman–Crippen MR) is 113 cm³/mol. The van der Waals surface area contributed by atoms with E-state index >= 15 is 0 Å². The molecule has 1 aromatic heterocycles. The van der Waals surface area contributed by atoms with Crippen molar-refractivity contribution in [2.75, 3.05) is 16.8 Å². The highest BCUT2D eigenvalue weighted by molar-refractivity contribution is 6.09. The van der Waals surface area contributed by atoms with Crippen LogP contribution in [0.25, 0.3) is 0 Å². The molecule has 0 bridgehead atoms. The molecule has 164 valence electrons. The van der Waals surface area contributed by atoms with E-state index in [0.717, 1.165) is 38.5 Å². The molecule has 2 N–H and O–H groups in total. The van der Waals surface area contributed by atoms with E-state index in [9.17, 15) is 14.4 Å². The zero-order valence-corrected chi connectivity index (χ0v) is 17.6. The van der Waals surface area contributed by atoms with Gasteiger partial charge in [-0.3, -0.25) is 14.4 Å². The Morgan fingerprint density at radius 3 is 2.68 bits per heavy atom. The van der Waals surface area contributed by atoms with Crippen molar-refractivity contribution >= 4 is 29.1 Å². The molecule has 4 rings (SSSR count). The lowest BCUT2D eigenvalue weighted by Gasteiger charge is -2.30. The van der Waals surface area contributed by atoms with Crippen LogP contribution in [-0.2, 0) is 26.3 Å². The van der Waals surface area contributed by atoms with E-state index in [2.05, 4.69) is 20.8 Å². The van der Waals surface area contributed by atoms with Crippen LogP contribution in [0.5, 0.6) is 0 Å². The van der Waals surface area contributed by atoms with E-state index in [4.69, 9.17) is 4.52 Å². The summed E-state index contributed by atoms with van der Waals surface area (Å²) in [5.74, 6) is 0.304. The van der Waals surface area contributed by atoms with E-state index in [0.29, 0.717) is 23.1 Å². The normalized spacial score (nSPS) is 18.0. The Morgan fingerprint density at radius 2 is 1.94 bits per heavy atom. The number of para-hydroxylation sites is 2. The van der Waals surface area contributed by atoms with Crippen molar-refractivity contribution in [3.05, 3.63) is 36.0 Å². The summed E-state index contributed by atoms with van der Waals surface area (Å²) in [4.78, 5) is 42.7. The van der Waals surface area contributed by atoms with Gasteiger partial charge in [-0.05, 0) is 25.0 Å². The molecule has 9 heteroatoms. The van der Waals surface area contributed by atoms with Gasteiger partial charge in [0.05, 0.1) is 11.4 Å². The number of fused-ring (bicyclic) bond motifs is 1. The lowest BCUT2D eigenvalue weighted by atomic mass is 9.89. The highest BCUT2D eigenvalue weighted by atomic mass is 16.5. The molecular formula is C22H27N5O4. The molecular weight excluding hydrogens is 398 g/mol. The summed E-state index contributed by atoms with van der Waals surface area (Å²) in [6.07, 6.45) is 6.14. The standard InChI is InChI=1S/C22H27N5O4/c1-15(28)25-22(12-6-2-3-7-13-22)21-24-19(31-26-21)10-11-20(30)27-14-18(29)23-16-8-4-5-9-17(16)27/h4-5,8-9H,2-3,6-7,10-14H2,1H3,(H,23,29)(H,25,28). The summed E-state index contributed by atoms with van der Waals surface area (Å²) in [5, 5.41) is 9.98. The van der Waals surface area contributed by atoms with E-state index in [1.165, 1.54) is 11.8 Å². The third-order valence-corrected chi connectivity index (χ3v) is 5.89. The van der Waals surface area contributed by atoms with Gasteiger partial charge in [0.25, 0.3) is 0 Å². The predicted octanol–water partition coefficient (Wildman–Crippen LogP) is 2.67. The Labute approximate surface area is 180 Å². The molecule has 1 aliphatic carbocycles. The van der Waals surface area contributed by atoms with Crippen LogP contribution < -0.4 is 15.5 Å². The largest absolute Gasteiger partial charge is 0.343 e. The van der Waals surface area contributed by atoms with Gasteiger partial charge in [-0.25, -0.2) is 0 Å². The third kappa shape index (κ3) is 4.60. The first-order valence-electron chi connectivity index (χ1n) is 10.8. The molecule has 0 atom stereocenters. The Morgan fingerprint density at radius 1 is 1.19 bits per heavy atom. The van der Waals surface area contributed by atoms with E-state index in [-0.39, 0.29) is 37.1 Å². The second kappa shape index (κ2) is 8.87. The Balaban J connectivity index is 1.46. The smallest absolute Gasteiger partial charge is 0.244 e. The van der Waals surface area contributed by atoms with Gasteiger partial charge in [-0.1, -0.05) is 43.0 Å². The maximum Gasteiger partial charge on any atom is 0.244 e. The lowest BCUT2D eigenvalue weighted by molar-refractivity contribution is -0.122. The van der Waals surface area contributed by atoms with Gasteiger partial charge in [0.15, 0.2) is 5.82 Å². The number of anilines is 2. The maximum absolute atomic E-state index is 12.8. The quantitative estimate of drug-likeness (QED) is 0.711. The number of carbonyl (C=O) groups excluding carboxylic acids is 3. The summed E-state index contributed by atoms with van der Waals surface area (Å²) in [6, 6.07) is 7.21. The number of hydrogen-bond acceptors (Lipinski definition) is 6. The summed E-state index contributed by atoms with van der Waals surface area (Å²) in [5.41, 5.74) is 0.692. The highest BCUT2D eigenvalue weighted by Crippen LogP contribution is 2.35. The fourth-order valence-corrected chi connectivity index (χ4v) is 4.43. The van der Waals surface area contributed by atoms with Crippen LogP contribution in [0.1, 0.15) is 63.6 Å². The van der Waals surface area contributed by atoms with Crippen LogP contribution in [0.2, 0.25) is 0 Å². The summed E-state index contributed by atoms with van der Waals surface area (Å²) >= 11 is 0. The van der Waals surface area contributed by atoms with Crippen molar-refractivity contribution in [3.8, 4) is 0 Å². The molecule has 1 aromatic carbocycles. The van der Waals surface area contributed by atoms with Crippen molar-refractivity contribution in [2.45, 2.75) is 63.8 Å². The van der Waals surface area contributed by atoms with Gasteiger partial charge in [0.1, 0.15) is 12.1 Å². The topological polar surface area (TPSA) is 117 Å². The molecule has 2 aliphatic rings. The van der Waals surface area contributed by atoms with Crippen molar-refractivity contribution in [1.82, 2.24) is 15.5 Å². The molecule has 1 fully saturated rings. The zero-order valence-electron chi connectivity index (χ0n) is 17.6. The Kier molecular flexibility index (Phi) is 6.01. The van der Waals surface area contributed by atoms with Gasteiger partial charge in [0.2, 0.25) is 23.6 Å². The van der Waals surface area contributed by atoms with Gasteiger partial charge >= 0.3 is 0 Å². The molecule has 0 radical (unpaired) electrons. The van der Waals surface area contributed by atoms with E-state index in [1.54, 1.807) is 12.1 Å². The van der Waals surface area contributed by atoms with Crippen LogP contribution in [0.3, 0.4) is 0 Å². The number of amides is 3. The molecule has 0 unspecified atom stereocenters. The Bertz CT molecular complexity index is 978. The monoisotopic (exact) mass is 425 g/mol. The summed E-state index contributed by atoms with van der Waals surface area (Å²) in [6.45, 7) is 1.48. The SMILES string of the molecule is CC(=O)NC1(c2noc(CCC(=O)N3CC(=O)Nc4ccccc43)n2)CCCCCC1. The Hall–Kier alpha value is -3.23. The second-order valence-corrected chi connectivity index (χ2v) is 8.23. The average molecular weight is 425 g/mol. The molecule has 3 amide bonds. The van der Waals surface area contributed by atoms with Gasteiger partial charge in [0, 0.05) is 19.8 Å². The van der Waals surface area contributed by atoms with Crippen LogP contribution in [0, 0.1) is 0 Å². The first kappa shape index (κ1) is 21.0. The number of nitrogens with one attached hydrogen (secondary N) is 2. The third-order valence-electron chi connectivity index (χ3n) is 5.89. The van der Waals surface area contributed by atoms with Gasteiger partial charge in [-0.15, -0.1) is 0 Å². The van der Waals surface area contributed by atoms with Crippen LogP contribution in [0.15, 0.2) is 28.8 Å². The molecule has 31 heavy (non-hydrogen) atoms. The molecule has 2 aromatic rings. The number of aryl methyl sites for hydroxylation is 1. The average Bonchev–Trinajstić information content (AvgIpc) is 3.11. The second-order valence-electron chi connectivity index (χ2n) is 8.23. The van der Waals surface area contributed by atoms with E-state index in [1.807, 2.05) is 12.1 Å².